The van der Waals surface area contributed by atoms with Crippen LogP contribution in [0.25, 0.3) is 0 Å². The number of benzene rings is 1. The van der Waals surface area contributed by atoms with Crippen LogP contribution in [0.4, 0.5) is 0 Å². The third-order valence-electron chi connectivity index (χ3n) is 5.69. The molecule has 0 bridgehead atoms. The molecule has 8 heteroatoms. The van der Waals surface area contributed by atoms with Gasteiger partial charge in [-0.25, -0.2) is 4.99 Å². The molecule has 3 rings (SSSR count). The Labute approximate surface area is 197 Å². The Bertz CT molecular complexity index is 829. The molecule has 1 fully saturated rings. The third kappa shape index (κ3) is 6.85. The molecule has 2 aromatic rings. The van der Waals surface area contributed by atoms with Crippen molar-refractivity contribution in [2.75, 3.05) is 13.7 Å². The summed E-state index contributed by atoms with van der Waals surface area (Å²) in [6, 6.07) is 6.88. The number of aromatic nitrogens is 3. The van der Waals surface area contributed by atoms with Gasteiger partial charge < -0.3 is 19.9 Å². The van der Waals surface area contributed by atoms with Gasteiger partial charge in [0.05, 0.1) is 7.11 Å². The van der Waals surface area contributed by atoms with Crippen molar-refractivity contribution < 1.29 is 4.74 Å². The first-order valence-corrected chi connectivity index (χ1v) is 10.6. The van der Waals surface area contributed by atoms with Crippen LogP contribution in [-0.2, 0) is 20.0 Å². The van der Waals surface area contributed by atoms with Crippen molar-refractivity contribution in [1.82, 2.24) is 25.4 Å². The number of ether oxygens (including phenoxy) is 1. The van der Waals surface area contributed by atoms with E-state index >= 15 is 0 Å². The molecular formula is C22H35IN6O. The monoisotopic (exact) mass is 526 g/mol. The molecule has 1 saturated carbocycles. The fourth-order valence-electron chi connectivity index (χ4n) is 3.68. The number of rotatable bonds is 7. The van der Waals surface area contributed by atoms with Gasteiger partial charge in [0, 0.05) is 19.6 Å². The molecule has 1 aliphatic carbocycles. The second-order valence-corrected chi connectivity index (χ2v) is 7.85. The average Bonchev–Trinajstić information content (AvgIpc) is 3.06. The Morgan fingerprint density at radius 2 is 1.97 bits per heavy atom. The molecule has 0 radical (unpaired) electrons. The van der Waals surface area contributed by atoms with E-state index < -0.39 is 0 Å². The summed E-state index contributed by atoms with van der Waals surface area (Å²) in [7, 11) is 3.70. The molecule has 0 unspecified atom stereocenters. The van der Waals surface area contributed by atoms with E-state index in [1.165, 1.54) is 37.7 Å². The van der Waals surface area contributed by atoms with E-state index in [2.05, 4.69) is 46.0 Å². The lowest BCUT2D eigenvalue weighted by Crippen LogP contribution is -2.44. The van der Waals surface area contributed by atoms with Crippen LogP contribution < -0.4 is 15.4 Å². The SMILES string of the molecule is COc1cc(CCNC(=NCc2nnc(C)n2C)NC2CCCCC2)ccc1C.I. The highest BCUT2D eigenvalue weighted by Gasteiger charge is 2.15. The van der Waals surface area contributed by atoms with Gasteiger partial charge in [-0.1, -0.05) is 31.4 Å². The van der Waals surface area contributed by atoms with Gasteiger partial charge in [0.15, 0.2) is 11.8 Å². The zero-order valence-electron chi connectivity index (χ0n) is 18.6. The van der Waals surface area contributed by atoms with E-state index in [1.54, 1.807) is 7.11 Å². The van der Waals surface area contributed by atoms with Crippen LogP contribution in [0.15, 0.2) is 23.2 Å². The summed E-state index contributed by atoms with van der Waals surface area (Å²) in [5, 5.41) is 15.5. The second-order valence-electron chi connectivity index (χ2n) is 7.85. The fourth-order valence-corrected chi connectivity index (χ4v) is 3.68. The summed E-state index contributed by atoms with van der Waals surface area (Å²) in [5.41, 5.74) is 2.41. The molecule has 1 aromatic heterocycles. The van der Waals surface area contributed by atoms with Crippen molar-refractivity contribution in [3.8, 4) is 5.75 Å². The number of nitrogens with zero attached hydrogens (tertiary/aromatic N) is 4. The maximum Gasteiger partial charge on any atom is 0.191 e. The summed E-state index contributed by atoms with van der Waals surface area (Å²) in [5.74, 6) is 3.57. The Morgan fingerprint density at radius 3 is 2.63 bits per heavy atom. The van der Waals surface area contributed by atoms with Gasteiger partial charge in [0.25, 0.3) is 0 Å². The van der Waals surface area contributed by atoms with Crippen LogP contribution >= 0.6 is 24.0 Å². The van der Waals surface area contributed by atoms with Crippen LogP contribution in [0.1, 0.15) is 54.9 Å². The summed E-state index contributed by atoms with van der Waals surface area (Å²) >= 11 is 0. The number of halogens is 1. The molecule has 0 spiro atoms. The molecule has 1 aromatic carbocycles. The van der Waals surface area contributed by atoms with Crippen LogP contribution in [0.5, 0.6) is 5.75 Å². The summed E-state index contributed by atoms with van der Waals surface area (Å²) < 4.78 is 7.43. The first-order valence-electron chi connectivity index (χ1n) is 10.6. The van der Waals surface area contributed by atoms with Gasteiger partial charge in [0.1, 0.15) is 18.1 Å². The summed E-state index contributed by atoms with van der Waals surface area (Å²) in [4.78, 5) is 4.79. The van der Waals surface area contributed by atoms with Crippen LogP contribution in [0.2, 0.25) is 0 Å². The number of methoxy groups -OCH3 is 1. The molecule has 7 nitrogen and oxygen atoms in total. The smallest absolute Gasteiger partial charge is 0.191 e. The van der Waals surface area contributed by atoms with Gasteiger partial charge in [-0.15, -0.1) is 34.2 Å². The first-order chi connectivity index (χ1) is 14.1. The zero-order chi connectivity index (χ0) is 20.6. The van der Waals surface area contributed by atoms with E-state index in [-0.39, 0.29) is 24.0 Å². The van der Waals surface area contributed by atoms with Gasteiger partial charge in [-0.2, -0.15) is 0 Å². The van der Waals surface area contributed by atoms with E-state index in [1.807, 2.05) is 18.5 Å². The molecule has 1 aliphatic rings. The largest absolute Gasteiger partial charge is 0.496 e. The average molecular weight is 526 g/mol. The van der Waals surface area contributed by atoms with Gasteiger partial charge in [-0.3, -0.25) is 0 Å². The third-order valence-corrected chi connectivity index (χ3v) is 5.69. The fraction of sp³-hybridized carbons (Fsp3) is 0.591. The zero-order valence-corrected chi connectivity index (χ0v) is 20.9. The molecule has 0 amide bonds. The van der Waals surface area contributed by atoms with Crippen molar-refractivity contribution in [2.24, 2.45) is 12.0 Å². The Balaban J connectivity index is 0.00000320. The maximum absolute atomic E-state index is 5.44. The van der Waals surface area contributed by atoms with Gasteiger partial charge in [0.2, 0.25) is 0 Å². The van der Waals surface area contributed by atoms with Crippen LogP contribution in [-0.4, -0.2) is 40.4 Å². The quantitative estimate of drug-likeness (QED) is 0.327. The molecule has 30 heavy (non-hydrogen) atoms. The predicted molar refractivity (Wildman–Crippen MR) is 132 cm³/mol. The standard InChI is InChI=1S/C22H34N6O.HI/c1-16-10-11-18(14-20(16)29-4)12-13-23-22(25-19-8-6-5-7-9-19)24-15-21-27-26-17(2)28(21)3;/h10-11,14,19H,5-9,12-13,15H2,1-4H3,(H2,23,24,25);1H. The predicted octanol–water partition coefficient (Wildman–Crippen LogP) is 3.67. The minimum Gasteiger partial charge on any atom is -0.496 e. The van der Waals surface area contributed by atoms with E-state index in [0.29, 0.717) is 12.6 Å². The van der Waals surface area contributed by atoms with Gasteiger partial charge in [-0.05, 0) is 50.3 Å². The van der Waals surface area contributed by atoms with E-state index in [0.717, 1.165) is 41.9 Å². The lowest BCUT2D eigenvalue weighted by atomic mass is 9.96. The highest BCUT2D eigenvalue weighted by Crippen LogP contribution is 2.19. The lowest BCUT2D eigenvalue weighted by molar-refractivity contribution is 0.409. The number of aliphatic imine (C=N–C) groups is 1. The molecule has 0 atom stereocenters. The number of nitrogens with one attached hydrogen (secondary N) is 2. The van der Waals surface area contributed by atoms with Crippen LogP contribution in [0.3, 0.4) is 0 Å². The lowest BCUT2D eigenvalue weighted by Gasteiger charge is -2.25. The number of aryl methyl sites for hydroxylation is 2. The molecule has 1 heterocycles. The molecule has 0 aliphatic heterocycles. The van der Waals surface area contributed by atoms with Crippen molar-refractivity contribution in [2.45, 2.75) is 65.0 Å². The highest BCUT2D eigenvalue weighted by molar-refractivity contribution is 14.0. The molecule has 2 N–H and O–H groups in total. The minimum atomic E-state index is 0. The molecule has 0 saturated heterocycles. The molecular weight excluding hydrogens is 491 g/mol. The normalized spacial score (nSPS) is 14.9. The van der Waals surface area contributed by atoms with Crippen LogP contribution in [0, 0.1) is 13.8 Å². The topological polar surface area (TPSA) is 76.4 Å². The Kier molecular flexibility index (Phi) is 9.87. The molecule has 166 valence electrons. The number of guanidine groups is 1. The van der Waals surface area contributed by atoms with Crippen molar-refractivity contribution in [3.63, 3.8) is 0 Å². The Hall–Kier alpha value is -1.84. The first kappa shape index (κ1) is 24.4. The highest BCUT2D eigenvalue weighted by atomic mass is 127. The maximum atomic E-state index is 5.44. The Morgan fingerprint density at radius 1 is 1.20 bits per heavy atom. The second kappa shape index (κ2) is 12.1. The van der Waals surface area contributed by atoms with Gasteiger partial charge >= 0.3 is 0 Å². The van der Waals surface area contributed by atoms with E-state index in [4.69, 9.17) is 9.73 Å². The number of hydrogen-bond donors (Lipinski definition) is 2. The minimum absolute atomic E-state index is 0. The van der Waals surface area contributed by atoms with Crippen molar-refractivity contribution in [3.05, 3.63) is 41.0 Å². The summed E-state index contributed by atoms with van der Waals surface area (Å²) in [6.07, 6.45) is 7.24. The van der Waals surface area contributed by atoms with E-state index in [9.17, 15) is 0 Å². The van der Waals surface area contributed by atoms with Crippen molar-refractivity contribution in [1.29, 1.82) is 0 Å². The van der Waals surface area contributed by atoms with Crippen molar-refractivity contribution >= 4 is 29.9 Å². The number of hydrogen-bond acceptors (Lipinski definition) is 4. The summed E-state index contributed by atoms with van der Waals surface area (Å²) in [6.45, 7) is 5.34.